The highest BCUT2D eigenvalue weighted by Crippen LogP contribution is 2.33. The summed E-state index contributed by atoms with van der Waals surface area (Å²) in [6, 6.07) is 0. The Balaban J connectivity index is 3.88. The van der Waals surface area contributed by atoms with E-state index in [1.165, 1.54) is 0 Å². The third kappa shape index (κ3) is 6.76. The van der Waals surface area contributed by atoms with E-state index < -0.39 is 7.56 Å². The molecule has 17 heavy (non-hydrogen) atoms. The summed E-state index contributed by atoms with van der Waals surface area (Å²) >= 11 is 9.24. The van der Waals surface area contributed by atoms with E-state index in [0.29, 0.717) is 6.42 Å². The maximum atomic E-state index is 11.6. The number of esters is 1. The fourth-order valence-corrected chi connectivity index (χ4v) is 1.17. The molecule has 0 bridgehead atoms. The minimum atomic E-state index is -0.973. The van der Waals surface area contributed by atoms with Gasteiger partial charge in [0.15, 0.2) is 0 Å². The normalized spacial score (nSPS) is 12.1. The summed E-state index contributed by atoms with van der Waals surface area (Å²) in [6.45, 7) is 6.02. The second-order valence-corrected chi connectivity index (χ2v) is 10.9. The lowest BCUT2D eigenvalue weighted by Crippen LogP contribution is -2.36. The second-order valence-electron chi connectivity index (χ2n) is 4.13. The molecule has 0 aliphatic heterocycles. The molecule has 100 valence electrons. The second kappa shape index (κ2) is 7.09. The molecule has 0 aromatic heterocycles. The highest BCUT2D eigenvalue weighted by atomic mass is 80.0. The molecule has 1 N–H and O–H groups in total. The van der Waals surface area contributed by atoms with Crippen LogP contribution in [0.4, 0.5) is 0 Å². The number of halogens is 3. The Labute approximate surface area is 127 Å². The van der Waals surface area contributed by atoms with Crippen molar-refractivity contribution in [3.63, 3.8) is 0 Å². The van der Waals surface area contributed by atoms with E-state index in [1.807, 2.05) is 20.8 Å². The Morgan fingerprint density at radius 3 is 2.18 bits per heavy atom. The van der Waals surface area contributed by atoms with Crippen molar-refractivity contribution in [1.29, 1.82) is 0 Å². The fraction of sp³-hybridized carbons (Fsp3) is 0.800. The maximum absolute atomic E-state index is 11.6. The predicted octanol–water partition coefficient (Wildman–Crippen LogP) is 2.92. The van der Waals surface area contributed by atoms with E-state index in [1.54, 1.807) is 0 Å². The van der Waals surface area contributed by atoms with Crippen LogP contribution >= 0.6 is 47.8 Å². The summed E-state index contributed by atoms with van der Waals surface area (Å²) < 4.78 is 4.09. The van der Waals surface area contributed by atoms with E-state index in [2.05, 4.69) is 53.1 Å². The molecule has 0 heterocycles. The van der Waals surface area contributed by atoms with Gasteiger partial charge in [-0.1, -0.05) is 6.92 Å². The Hall–Kier alpha value is 0.380. The van der Waals surface area contributed by atoms with Crippen LogP contribution in [-0.2, 0) is 14.3 Å². The lowest BCUT2D eigenvalue weighted by molar-refractivity contribution is -0.154. The van der Waals surface area contributed by atoms with Gasteiger partial charge in [0.2, 0.25) is 2.14 Å². The predicted molar refractivity (Wildman–Crippen MR) is 77.6 cm³/mol. The molecule has 0 aromatic carbocycles. The first-order valence-corrected chi connectivity index (χ1v) is 7.51. The highest BCUT2D eigenvalue weighted by Gasteiger charge is 2.29. The van der Waals surface area contributed by atoms with Gasteiger partial charge < -0.3 is 10.1 Å². The van der Waals surface area contributed by atoms with E-state index >= 15 is 0 Å². The molecule has 0 saturated heterocycles. The molecular weight excluding hydrogens is 422 g/mol. The third-order valence-corrected chi connectivity index (χ3v) is 3.40. The molecule has 0 aromatic rings. The molecule has 0 aliphatic carbocycles. The van der Waals surface area contributed by atoms with Gasteiger partial charge in [0.25, 0.3) is 5.91 Å². The summed E-state index contributed by atoms with van der Waals surface area (Å²) in [5, 5.41) is 2.59. The van der Waals surface area contributed by atoms with Crippen molar-refractivity contribution >= 4 is 59.7 Å². The molecule has 0 unspecified atom stereocenters. The van der Waals surface area contributed by atoms with Crippen LogP contribution in [0.5, 0.6) is 0 Å². The van der Waals surface area contributed by atoms with Crippen LogP contribution in [0.15, 0.2) is 0 Å². The van der Waals surface area contributed by atoms with Crippen molar-refractivity contribution in [3.8, 4) is 0 Å². The molecule has 7 heteroatoms. The van der Waals surface area contributed by atoms with Crippen molar-refractivity contribution in [2.45, 2.75) is 29.3 Å². The summed E-state index contributed by atoms with van der Waals surface area (Å²) in [4.78, 5) is 22.9. The number of alkyl halides is 3. The summed E-state index contributed by atoms with van der Waals surface area (Å²) in [6.07, 6.45) is 0.714. The van der Waals surface area contributed by atoms with Gasteiger partial charge in [-0.15, -0.1) is 0 Å². The van der Waals surface area contributed by atoms with Crippen LogP contribution in [0, 0.1) is 5.41 Å². The molecule has 0 spiro atoms. The first-order valence-electron chi connectivity index (χ1n) is 5.13. The zero-order chi connectivity index (χ0) is 13.7. The first kappa shape index (κ1) is 17.4. The Morgan fingerprint density at radius 2 is 1.76 bits per heavy atom. The van der Waals surface area contributed by atoms with Crippen molar-refractivity contribution in [3.05, 3.63) is 0 Å². The van der Waals surface area contributed by atoms with Crippen LogP contribution in [0.2, 0.25) is 0 Å². The maximum Gasteiger partial charge on any atom is 0.311 e. The summed E-state index contributed by atoms with van der Waals surface area (Å²) in [5.41, 5.74) is -0.478. The van der Waals surface area contributed by atoms with Gasteiger partial charge in [-0.2, -0.15) is 0 Å². The number of rotatable bonds is 5. The molecule has 0 radical (unpaired) electrons. The van der Waals surface area contributed by atoms with E-state index in [9.17, 15) is 9.59 Å². The van der Waals surface area contributed by atoms with E-state index in [4.69, 9.17) is 4.74 Å². The van der Waals surface area contributed by atoms with Gasteiger partial charge >= 0.3 is 5.97 Å². The molecule has 4 nitrogen and oxygen atoms in total. The van der Waals surface area contributed by atoms with E-state index in [-0.39, 0.29) is 25.0 Å². The minimum absolute atomic E-state index is 0.164. The van der Waals surface area contributed by atoms with Crippen molar-refractivity contribution in [1.82, 2.24) is 5.32 Å². The average Bonchev–Trinajstić information content (AvgIpc) is 2.22. The van der Waals surface area contributed by atoms with Gasteiger partial charge in [-0.05, 0) is 68.1 Å². The topological polar surface area (TPSA) is 55.4 Å². The van der Waals surface area contributed by atoms with Gasteiger partial charge in [-0.3, -0.25) is 9.59 Å². The van der Waals surface area contributed by atoms with Crippen molar-refractivity contribution in [2.24, 2.45) is 5.41 Å². The third-order valence-electron chi connectivity index (χ3n) is 2.31. The number of ether oxygens (including phenoxy) is 1. The van der Waals surface area contributed by atoms with Crippen LogP contribution in [0.1, 0.15) is 27.2 Å². The monoisotopic (exact) mass is 435 g/mol. The Morgan fingerprint density at radius 1 is 1.24 bits per heavy atom. The molecule has 0 fully saturated rings. The number of carbonyl (C=O) groups is 2. The Kier molecular flexibility index (Phi) is 7.25. The summed E-state index contributed by atoms with van der Waals surface area (Å²) in [7, 11) is 0. The van der Waals surface area contributed by atoms with Gasteiger partial charge in [0.05, 0.1) is 12.0 Å². The van der Waals surface area contributed by atoms with Crippen LogP contribution in [0.3, 0.4) is 0 Å². The number of carbonyl (C=O) groups excluding carboxylic acids is 2. The molecule has 1 amide bonds. The largest absolute Gasteiger partial charge is 0.463 e. The smallest absolute Gasteiger partial charge is 0.311 e. The van der Waals surface area contributed by atoms with Gasteiger partial charge in [0.1, 0.15) is 6.61 Å². The first-order chi connectivity index (χ1) is 7.61. The summed E-state index contributed by atoms with van der Waals surface area (Å²) in [5.74, 6) is -0.541. The number of hydrogen-bond donors (Lipinski definition) is 1. The fourth-order valence-electron chi connectivity index (χ4n) is 0.748. The zero-order valence-electron chi connectivity index (χ0n) is 9.98. The molecule has 0 saturated carbocycles. The quantitative estimate of drug-likeness (QED) is 0.409. The average molecular weight is 438 g/mol. The molecule has 0 atom stereocenters. The molecule has 0 aliphatic rings. The standard InChI is InChI=1S/C10H16Br3NO3/c1-4-9(2,3)8(16)17-6-5-14-7(15)10(11,12)13/h4-6H2,1-3H3,(H,14,15). The number of amides is 1. The SMILES string of the molecule is CCC(C)(C)C(=O)OCCNC(=O)C(Br)(Br)Br. The van der Waals surface area contributed by atoms with Crippen LogP contribution < -0.4 is 5.32 Å². The van der Waals surface area contributed by atoms with Crippen molar-refractivity contribution < 1.29 is 14.3 Å². The zero-order valence-corrected chi connectivity index (χ0v) is 14.7. The van der Waals surface area contributed by atoms with Gasteiger partial charge in [-0.25, -0.2) is 0 Å². The highest BCUT2D eigenvalue weighted by molar-refractivity contribution is 9.40. The van der Waals surface area contributed by atoms with Crippen LogP contribution in [-0.4, -0.2) is 27.2 Å². The van der Waals surface area contributed by atoms with Crippen LogP contribution in [0.25, 0.3) is 0 Å². The number of hydrogen-bond acceptors (Lipinski definition) is 3. The van der Waals surface area contributed by atoms with Crippen molar-refractivity contribution in [2.75, 3.05) is 13.2 Å². The molecular formula is C10H16Br3NO3. The van der Waals surface area contributed by atoms with Gasteiger partial charge in [0, 0.05) is 0 Å². The lowest BCUT2D eigenvalue weighted by atomic mass is 9.91. The lowest BCUT2D eigenvalue weighted by Gasteiger charge is -2.20. The van der Waals surface area contributed by atoms with E-state index in [0.717, 1.165) is 0 Å². The number of nitrogens with one attached hydrogen (secondary N) is 1. The minimum Gasteiger partial charge on any atom is -0.463 e. The molecule has 0 rings (SSSR count). The Bertz CT molecular complexity index is 287.